The van der Waals surface area contributed by atoms with Crippen LogP contribution < -0.4 is 4.74 Å². The van der Waals surface area contributed by atoms with E-state index in [-0.39, 0.29) is 4.90 Å². The molecule has 102 valence electrons. The molecule has 0 heterocycles. The molecule has 18 heavy (non-hydrogen) atoms. The van der Waals surface area contributed by atoms with Gasteiger partial charge in [0.05, 0.1) is 4.90 Å². The van der Waals surface area contributed by atoms with E-state index in [4.69, 9.17) is 0 Å². The van der Waals surface area contributed by atoms with E-state index in [1.807, 2.05) is 0 Å². The number of benzene rings is 1. The Labute approximate surface area is 99.1 Å². The number of hydrogen-bond acceptors (Lipinski definition) is 3. The lowest BCUT2D eigenvalue weighted by Gasteiger charge is -2.20. The van der Waals surface area contributed by atoms with Gasteiger partial charge < -0.3 is 4.74 Å². The highest BCUT2D eigenvalue weighted by molar-refractivity contribution is 7.90. The van der Waals surface area contributed by atoms with Crippen LogP contribution in [0.15, 0.2) is 29.2 Å². The lowest BCUT2D eigenvalue weighted by molar-refractivity contribution is -0.360. The largest absolute Gasteiger partial charge is 0.499 e. The van der Waals surface area contributed by atoms with Crippen molar-refractivity contribution in [2.75, 3.05) is 6.26 Å². The molecule has 0 saturated heterocycles. The summed E-state index contributed by atoms with van der Waals surface area (Å²) in [7, 11) is -3.56. The minimum atomic E-state index is -5.84. The van der Waals surface area contributed by atoms with Gasteiger partial charge in [0.1, 0.15) is 5.75 Å². The quantitative estimate of drug-likeness (QED) is 0.804. The Hall–Kier alpha value is -1.38. The fourth-order valence-corrected chi connectivity index (χ4v) is 1.59. The highest BCUT2D eigenvalue weighted by Crippen LogP contribution is 2.37. The van der Waals surface area contributed by atoms with Crippen LogP contribution in [-0.2, 0) is 9.84 Å². The molecule has 0 radical (unpaired) electrons. The Kier molecular flexibility index (Phi) is 3.57. The summed E-state index contributed by atoms with van der Waals surface area (Å²) in [6, 6.07) is 3.18. The minimum Gasteiger partial charge on any atom is -0.426 e. The molecule has 1 aromatic carbocycles. The first-order valence-corrected chi connectivity index (χ1v) is 6.26. The van der Waals surface area contributed by atoms with Crippen molar-refractivity contribution in [2.24, 2.45) is 0 Å². The molecule has 0 N–H and O–H groups in total. The number of sulfone groups is 1. The molecule has 0 bridgehead atoms. The van der Waals surface area contributed by atoms with Crippen molar-refractivity contribution in [3.05, 3.63) is 24.3 Å². The monoisotopic (exact) mass is 290 g/mol. The van der Waals surface area contributed by atoms with Crippen molar-refractivity contribution >= 4 is 9.84 Å². The molecule has 0 aliphatic carbocycles. The SMILES string of the molecule is CS(=O)(=O)c1ccc(OC(F)(F)C(F)(F)F)cc1. The Morgan fingerprint density at radius 3 is 1.78 bits per heavy atom. The molecule has 3 nitrogen and oxygen atoms in total. The molecule has 1 rings (SSSR count). The van der Waals surface area contributed by atoms with Gasteiger partial charge in [-0.1, -0.05) is 0 Å². The standard InChI is InChI=1S/C9H7F5O3S/c1-18(15,16)7-4-2-6(3-5-7)17-9(13,14)8(10,11)12/h2-5H,1H3. The molecule has 0 fully saturated rings. The summed E-state index contributed by atoms with van der Waals surface area (Å²) in [6.45, 7) is 0. The zero-order valence-electron chi connectivity index (χ0n) is 8.83. The van der Waals surface area contributed by atoms with E-state index in [2.05, 4.69) is 4.74 Å². The van der Waals surface area contributed by atoms with Crippen LogP contribution in [0.25, 0.3) is 0 Å². The Balaban J connectivity index is 2.95. The van der Waals surface area contributed by atoms with Gasteiger partial charge in [0.15, 0.2) is 9.84 Å². The molecule has 9 heteroatoms. The maximum atomic E-state index is 12.5. The molecule has 0 atom stereocenters. The topological polar surface area (TPSA) is 43.4 Å². The van der Waals surface area contributed by atoms with E-state index < -0.39 is 27.9 Å². The average molecular weight is 290 g/mol. The summed E-state index contributed by atoms with van der Waals surface area (Å²) in [5.74, 6) is -0.787. The third-order valence-electron chi connectivity index (χ3n) is 1.83. The van der Waals surface area contributed by atoms with Crippen molar-refractivity contribution in [3.63, 3.8) is 0 Å². The molecular formula is C9H7F5O3S. The normalized spacial score (nSPS) is 13.4. The van der Waals surface area contributed by atoms with Crippen molar-refractivity contribution < 1.29 is 35.1 Å². The molecule has 0 aromatic heterocycles. The molecule has 0 spiro atoms. The van der Waals surface area contributed by atoms with Crippen molar-refractivity contribution in [3.8, 4) is 5.75 Å². The summed E-state index contributed by atoms with van der Waals surface area (Å²) >= 11 is 0. The van der Waals surface area contributed by atoms with Gasteiger partial charge in [-0.25, -0.2) is 8.42 Å². The van der Waals surface area contributed by atoms with Crippen LogP contribution in [0.2, 0.25) is 0 Å². The zero-order chi connectivity index (χ0) is 14.2. The molecular weight excluding hydrogens is 283 g/mol. The first-order chi connectivity index (χ1) is 7.93. The van der Waals surface area contributed by atoms with E-state index in [1.54, 1.807) is 0 Å². The average Bonchev–Trinajstić information content (AvgIpc) is 2.14. The molecule has 0 aliphatic heterocycles. The predicted octanol–water partition coefficient (Wildman–Crippen LogP) is 2.62. The second-order valence-corrected chi connectivity index (χ2v) is 5.38. The summed E-state index contributed by atoms with van der Waals surface area (Å²) < 4.78 is 85.9. The highest BCUT2D eigenvalue weighted by Gasteiger charge is 2.61. The maximum Gasteiger partial charge on any atom is 0.499 e. The fraction of sp³-hybridized carbons (Fsp3) is 0.333. The number of halogens is 5. The lowest BCUT2D eigenvalue weighted by Crippen LogP contribution is -2.41. The number of hydrogen-bond donors (Lipinski definition) is 0. The second kappa shape index (κ2) is 4.38. The summed E-state index contributed by atoms with van der Waals surface area (Å²) in [6.07, 6.45) is -10.3. The van der Waals surface area contributed by atoms with E-state index in [9.17, 15) is 30.4 Å². The minimum absolute atomic E-state index is 0.217. The van der Waals surface area contributed by atoms with E-state index in [0.29, 0.717) is 0 Å². The van der Waals surface area contributed by atoms with Gasteiger partial charge in [0.25, 0.3) is 0 Å². The van der Waals surface area contributed by atoms with Gasteiger partial charge in [0, 0.05) is 6.26 Å². The number of alkyl halides is 5. The number of rotatable bonds is 3. The molecule has 0 aliphatic rings. The smallest absolute Gasteiger partial charge is 0.426 e. The second-order valence-electron chi connectivity index (χ2n) is 3.36. The van der Waals surface area contributed by atoms with Crippen LogP contribution in [-0.4, -0.2) is 27.0 Å². The van der Waals surface area contributed by atoms with Crippen molar-refractivity contribution in [2.45, 2.75) is 17.2 Å². The van der Waals surface area contributed by atoms with Crippen LogP contribution in [0.4, 0.5) is 22.0 Å². The van der Waals surface area contributed by atoms with Crippen LogP contribution in [0.3, 0.4) is 0 Å². The summed E-state index contributed by atoms with van der Waals surface area (Å²) in [5.41, 5.74) is 0. The van der Waals surface area contributed by atoms with E-state index in [1.165, 1.54) is 0 Å². The maximum absolute atomic E-state index is 12.5. The summed E-state index contributed by atoms with van der Waals surface area (Å²) in [5, 5.41) is 0. The lowest BCUT2D eigenvalue weighted by atomic mass is 10.3. The molecule has 0 amide bonds. The van der Waals surface area contributed by atoms with Crippen LogP contribution in [0.1, 0.15) is 0 Å². The Morgan fingerprint density at radius 1 is 1.00 bits per heavy atom. The van der Waals surface area contributed by atoms with Gasteiger partial charge in [-0.3, -0.25) is 0 Å². The first kappa shape index (κ1) is 14.7. The molecule has 0 unspecified atom stereocenters. The van der Waals surface area contributed by atoms with Crippen molar-refractivity contribution in [1.29, 1.82) is 0 Å². The Morgan fingerprint density at radius 2 is 1.44 bits per heavy atom. The number of ether oxygens (including phenoxy) is 1. The van der Waals surface area contributed by atoms with Gasteiger partial charge in [0.2, 0.25) is 0 Å². The summed E-state index contributed by atoms with van der Waals surface area (Å²) in [4.78, 5) is -0.217. The van der Waals surface area contributed by atoms with E-state index in [0.717, 1.165) is 30.5 Å². The van der Waals surface area contributed by atoms with Crippen molar-refractivity contribution in [1.82, 2.24) is 0 Å². The molecule has 1 aromatic rings. The van der Waals surface area contributed by atoms with Crippen LogP contribution in [0.5, 0.6) is 5.75 Å². The third kappa shape index (κ3) is 3.31. The van der Waals surface area contributed by atoms with Crippen LogP contribution >= 0.6 is 0 Å². The van der Waals surface area contributed by atoms with Gasteiger partial charge >= 0.3 is 12.3 Å². The Bertz CT molecular complexity index is 518. The highest BCUT2D eigenvalue weighted by atomic mass is 32.2. The van der Waals surface area contributed by atoms with Gasteiger partial charge in [-0.05, 0) is 24.3 Å². The first-order valence-electron chi connectivity index (χ1n) is 4.37. The molecule has 0 saturated carbocycles. The third-order valence-corrected chi connectivity index (χ3v) is 2.96. The van der Waals surface area contributed by atoms with Gasteiger partial charge in [-0.15, -0.1) is 0 Å². The zero-order valence-corrected chi connectivity index (χ0v) is 9.65. The fourth-order valence-electron chi connectivity index (χ4n) is 0.961. The predicted molar refractivity (Wildman–Crippen MR) is 51.2 cm³/mol. The van der Waals surface area contributed by atoms with E-state index >= 15 is 0 Å². The van der Waals surface area contributed by atoms with Gasteiger partial charge in [-0.2, -0.15) is 22.0 Å². The van der Waals surface area contributed by atoms with Crippen LogP contribution in [0, 0.1) is 0 Å².